The second-order valence-corrected chi connectivity index (χ2v) is 7.82. The van der Waals surface area contributed by atoms with E-state index in [0.717, 1.165) is 35.7 Å². The second-order valence-electron chi connectivity index (χ2n) is 7.82. The molecular formula is C25H35N3O3. The van der Waals surface area contributed by atoms with Gasteiger partial charge in [-0.3, -0.25) is 9.59 Å². The van der Waals surface area contributed by atoms with E-state index in [-0.39, 0.29) is 18.4 Å². The molecule has 0 aliphatic heterocycles. The number of carbonyl (C=O) groups is 2. The van der Waals surface area contributed by atoms with Crippen molar-refractivity contribution in [2.24, 2.45) is 0 Å². The number of rotatable bonds is 13. The molecule has 0 spiro atoms. The van der Waals surface area contributed by atoms with Crippen LogP contribution in [0.15, 0.2) is 48.5 Å². The highest BCUT2D eigenvalue weighted by atomic mass is 16.5. The summed E-state index contributed by atoms with van der Waals surface area (Å²) >= 11 is 0. The lowest BCUT2D eigenvalue weighted by molar-refractivity contribution is -0.128. The number of aryl methyl sites for hydroxylation is 1. The summed E-state index contributed by atoms with van der Waals surface area (Å²) in [6.45, 7) is 3.10. The molecule has 2 N–H and O–H groups in total. The molecule has 0 aliphatic rings. The molecule has 0 aliphatic carbocycles. The fourth-order valence-corrected chi connectivity index (χ4v) is 3.05. The van der Waals surface area contributed by atoms with Crippen molar-refractivity contribution in [2.45, 2.75) is 45.4 Å². The van der Waals surface area contributed by atoms with Crippen LogP contribution in [0.5, 0.6) is 5.75 Å². The second kappa shape index (κ2) is 13.3. The Labute approximate surface area is 186 Å². The molecule has 0 heterocycles. The Morgan fingerprint density at radius 1 is 0.968 bits per heavy atom. The molecule has 0 fully saturated rings. The Balaban J connectivity index is 1.74. The number of nitrogens with zero attached hydrogens (tertiary/aromatic N) is 1. The maximum absolute atomic E-state index is 12.3. The largest absolute Gasteiger partial charge is 0.494 e. The standard InChI is InChI=1S/C25H35N3O3/c1-4-5-6-7-17-31-23-14-12-21(13-15-23)26-19-24(29)27-22-10-8-9-20(18-22)11-16-25(30)28(2)3/h8-10,12-15,18,26H,4-7,11,16-17,19H2,1-3H3,(H,27,29). The molecule has 0 saturated carbocycles. The van der Waals surface area contributed by atoms with Crippen molar-refractivity contribution < 1.29 is 14.3 Å². The Morgan fingerprint density at radius 3 is 2.45 bits per heavy atom. The zero-order valence-corrected chi connectivity index (χ0v) is 18.9. The Bertz CT molecular complexity index is 819. The molecule has 0 saturated heterocycles. The Hall–Kier alpha value is -3.02. The molecule has 0 unspecified atom stereocenters. The molecule has 0 bridgehead atoms. The number of ether oxygens (including phenoxy) is 1. The molecule has 31 heavy (non-hydrogen) atoms. The first-order valence-corrected chi connectivity index (χ1v) is 11.0. The van der Waals surface area contributed by atoms with Gasteiger partial charge in [0.25, 0.3) is 0 Å². The summed E-state index contributed by atoms with van der Waals surface area (Å²) in [7, 11) is 3.50. The van der Waals surface area contributed by atoms with E-state index in [0.29, 0.717) is 12.8 Å². The summed E-state index contributed by atoms with van der Waals surface area (Å²) in [6.07, 6.45) is 5.83. The maximum Gasteiger partial charge on any atom is 0.243 e. The van der Waals surface area contributed by atoms with Crippen molar-refractivity contribution in [3.63, 3.8) is 0 Å². The highest BCUT2D eigenvalue weighted by molar-refractivity contribution is 5.93. The van der Waals surface area contributed by atoms with Crippen LogP contribution in [-0.2, 0) is 16.0 Å². The van der Waals surface area contributed by atoms with Gasteiger partial charge in [-0.2, -0.15) is 0 Å². The number of amides is 2. The molecule has 2 rings (SSSR count). The van der Waals surface area contributed by atoms with Crippen molar-refractivity contribution in [1.29, 1.82) is 0 Å². The topological polar surface area (TPSA) is 70.7 Å². The van der Waals surface area contributed by atoms with Gasteiger partial charge in [0.2, 0.25) is 11.8 Å². The number of anilines is 2. The van der Waals surface area contributed by atoms with Gasteiger partial charge in [0.05, 0.1) is 13.2 Å². The van der Waals surface area contributed by atoms with E-state index >= 15 is 0 Å². The predicted octanol–water partition coefficient (Wildman–Crippen LogP) is 4.72. The predicted molar refractivity (Wildman–Crippen MR) is 127 cm³/mol. The van der Waals surface area contributed by atoms with E-state index in [4.69, 9.17) is 4.74 Å². The minimum atomic E-state index is -0.127. The van der Waals surface area contributed by atoms with Gasteiger partial charge in [0, 0.05) is 31.9 Å². The maximum atomic E-state index is 12.3. The molecular weight excluding hydrogens is 390 g/mol. The van der Waals surface area contributed by atoms with Gasteiger partial charge in [-0.1, -0.05) is 38.3 Å². The number of hydrogen-bond donors (Lipinski definition) is 2. The summed E-state index contributed by atoms with van der Waals surface area (Å²) < 4.78 is 5.74. The quantitative estimate of drug-likeness (QED) is 0.456. The van der Waals surface area contributed by atoms with E-state index in [1.807, 2.05) is 48.5 Å². The lowest BCUT2D eigenvalue weighted by Crippen LogP contribution is -2.22. The van der Waals surface area contributed by atoms with Crippen LogP contribution in [0.3, 0.4) is 0 Å². The first-order chi connectivity index (χ1) is 15.0. The highest BCUT2D eigenvalue weighted by Crippen LogP contribution is 2.17. The molecule has 2 aromatic rings. The van der Waals surface area contributed by atoms with Gasteiger partial charge in [-0.15, -0.1) is 0 Å². The minimum absolute atomic E-state index is 0.0894. The third-order valence-corrected chi connectivity index (χ3v) is 4.91. The van der Waals surface area contributed by atoms with Crippen LogP contribution in [0.2, 0.25) is 0 Å². The van der Waals surface area contributed by atoms with Crippen molar-refractivity contribution >= 4 is 23.2 Å². The molecule has 2 amide bonds. The van der Waals surface area contributed by atoms with Crippen molar-refractivity contribution in [2.75, 3.05) is 37.9 Å². The van der Waals surface area contributed by atoms with E-state index in [1.54, 1.807) is 19.0 Å². The van der Waals surface area contributed by atoms with E-state index < -0.39 is 0 Å². The third-order valence-electron chi connectivity index (χ3n) is 4.91. The summed E-state index contributed by atoms with van der Waals surface area (Å²) in [5, 5.41) is 6.02. The van der Waals surface area contributed by atoms with Gasteiger partial charge < -0.3 is 20.3 Å². The lowest BCUT2D eigenvalue weighted by atomic mass is 10.1. The Morgan fingerprint density at radius 2 is 1.74 bits per heavy atom. The van der Waals surface area contributed by atoms with Crippen LogP contribution in [0.4, 0.5) is 11.4 Å². The smallest absolute Gasteiger partial charge is 0.243 e. The average Bonchev–Trinajstić information content (AvgIpc) is 2.77. The summed E-state index contributed by atoms with van der Waals surface area (Å²) in [5.74, 6) is 0.806. The fraction of sp³-hybridized carbons (Fsp3) is 0.440. The van der Waals surface area contributed by atoms with E-state index in [2.05, 4.69) is 17.6 Å². The van der Waals surface area contributed by atoms with E-state index in [1.165, 1.54) is 19.3 Å². The first-order valence-electron chi connectivity index (χ1n) is 11.0. The van der Waals surface area contributed by atoms with Crippen LogP contribution in [0.1, 0.15) is 44.6 Å². The van der Waals surface area contributed by atoms with Crippen molar-refractivity contribution in [3.8, 4) is 5.75 Å². The number of benzene rings is 2. The summed E-state index contributed by atoms with van der Waals surface area (Å²) in [4.78, 5) is 25.6. The number of unbranched alkanes of at least 4 members (excludes halogenated alkanes) is 3. The van der Waals surface area contributed by atoms with Gasteiger partial charge in [-0.05, 0) is 54.8 Å². The van der Waals surface area contributed by atoms with E-state index in [9.17, 15) is 9.59 Å². The van der Waals surface area contributed by atoms with Crippen LogP contribution in [0.25, 0.3) is 0 Å². The molecule has 2 aromatic carbocycles. The van der Waals surface area contributed by atoms with Gasteiger partial charge in [0.1, 0.15) is 5.75 Å². The zero-order chi connectivity index (χ0) is 22.5. The van der Waals surface area contributed by atoms with Crippen LogP contribution < -0.4 is 15.4 Å². The van der Waals surface area contributed by atoms with Gasteiger partial charge >= 0.3 is 0 Å². The lowest BCUT2D eigenvalue weighted by Gasteiger charge is -2.11. The third kappa shape index (κ3) is 9.55. The highest BCUT2D eigenvalue weighted by Gasteiger charge is 2.07. The van der Waals surface area contributed by atoms with Crippen LogP contribution in [0, 0.1) is 0 Å². The zero-order valence-electron chi connectivity index (χ0n) is 18.9. The average molecular weight is 426 g/mol. The summed E-state index contributed by atoms with van der Waals surface area (Å²) in [6, 6.07) is 15.3. The van der Waals surface area contributed by atoms with Crippen molar-refractivity contribution in [1.82, 2.24) is 4.90 Å². The fourth-order valence-electron chi connectivity index (χ4n) is 3.05. The molecule has 168 valence electrons. The first kappa shape index (κ1) is 24.3. The van der Waals surface area contributed by atoms with Gasteiger partial charge in [0.15, 0.2) is 0 Å². The SMILES string of the molecule is CCCCCCOc1ccc(NCC(=O)Nc2cccc(CCC(=O)N(C)C)c2)cc1. The Kier molecular flexibility index (Phi) is 10.4. The molecule has 0 aromatic heterocycles. The number of nitrogens with one attached hydrogen (secondary N) is 2. The monoisotopic (exact) mass is 425 g/mol. The molecule has 6 heteroatoms. The molecule has 0 radical (unpaired) electrons. The molecule has 6 nitrogen and oxygen atoms in total. The van der Waals surface area contributed by atoms with Crippen LogP contribution >= 0.6 is 0 Å². The number of hydrogen-bond acceptors (Lipinski definition) is 4. The minimum Gasteiger partial charge on any atom is -0.494 e. The van der Waals surface area contributed by atoms with Crippen molar-refractivity contribution in [3.05, 3.63) is 54.1 Å². The normalized spacial score (nSPS) is 10.4. The molecule has 0 atom stereocenters. The summed E-state index contributed by atoms with van der Waals surface area (Å²) in [5.41, 5.74) is 2.61. The van der Waals surface area contributed by atoms with Crippen LogP contribution in [-0.4, -0.2) is 44.0 Å². The van der Waals surface area contributed by atoms with Gasteiger partial charge in [-0.25, -0.2) is 0 Å². The number of carbonyl (C=O) groups excluding carboxylic acids is 2.